The SMILES string of the molecule is CC(C)c1cc(CNC(=O)CC2CCCCC2)on1. The molecule has 0 aliphatic heterocycles. The molecule has 1 N–H and O–H groups in total. The zero-order valence-corrected chi connectivity index (χ0v) is 11.9. The molecule has 0 saturated heterocycles. The minimum absolute atomic E-state index is 0.134. The smallest absolute Gasteiger partial charge is 0.220 e. The first kappa shape index (κ1) is 14.1. The molecule has 0 atom stereocenters. The second-order valence-electron chi connectivity index (χ2n) is 5.86. The van der Waals surface area contributed by atoms with Crippen molar-refractivity contribution in [1.29, 1.82) is 0 Å². The fraction of sp³-hybridized carbons (Fsp3) is 0.733. The molecular formula is C15H24N2O2. The van der Waals surface area contributed by atoms with Gasteiger partial charge in [0.05, 0.1) is 12.2 Å². The second kappa shape index (κ2) is 6.73. The summed E-state index contributed by atoms with van der Waals surface area (Å²) in [6.07, 6.45) is 6.94. The van der Waals surface area contributed by atoms with Gasteiger partial charge in [-0.1, -0.05) is 38.3 Å². The van der Waals surface area contributed by atoms with E-state index in [1.807, 2.05) is 6.07 Å². The number of hydrogen-bond donors (Lipinski definition) is 1. The largest absolute Gasteiger partial charge is 0.359 e. The van der Waals surface area contributed by atoms with Crippen molar-refractivity contribution < 1.29 is 9.32 Å². The summed E-state index contributed by atoms with van der Waals surface area (Å²) in [7, 11) is 0. The van der Waals surface area contributed by atoms with Crippen LogP contribution in [0.2, 0.25) is 0 Å². The number of nitrogens with zero attached hydrogens (tertiary/aromatic N) is 1. The molecule has 1 aliphatic carbocycles. The Hall–Kier alpha value is -1.32. The van der Waals surface area contributed by atoms with Crippen LogP contribution in [0.5, 0.6) is 0 Å². The van der Waals surface area contributed by atoms with Gasteiger partial charge in [-0.05, 0) is 24.7 Å². The predicted octanol–water partition coefficient (Wildman–Crippen LogP) is 3.38. The van der Waals surface area contributed by atoms with E-state index in [1.54, 1.807) is 0 Å². The normalized spacial score (nSPS) is 16.8. The van der Waals surface area contributed by atoms with Crippen molar-refractivity contribution in [2.45, 2.75) is 64.8 Å². The minimum atomic E-state index is 0.134. The Bertz CT molecular complexity index is 406. The molecule has 0 radical (unpaired) electrons. The summed E-state index contributed by atoms with van der Waals surface area (Å²) in [6.45, 7) is 4.60. The molecule has 1 aromatic rings. The van der Waals surface area contributed by atoms with Gasteiger partial charge in [0.25, 0.3) is 0 Å². The standard InChI is InChI=1S/C15H24N2O2/c1-11(2)14-9-13(19-17-14)10-16-15(18)8-12-6-4-3-5-7-12/h9,11-12H,3-8,10H2,1-2H3,(H,16,18). The van der Waals surface area contributed by atoms with Gasteiger partial charge in [-0.2, -0.15) is 0 Å². The summed E-state index contributed by atoms with van der Waals surface area (Å²) in [5.41, 5.74) is 0.941. The van der Waals surface area contributed by atoms with E-state index < -0.39 is 0 Å². The van der Waals surface area contributed by atoms with Gasteiger partial charge in [0.15, 0.2) is 5.76 Å². The number of carbonyl (C=O) groups excluding carboxylic acids is 1. The van der Waals surface area contributed by atoms with Gasteiger partial charge in [-0.25, -0.2) is 0 Å². The average molecular weight is 264 g/mol. The molecule has 1 saturated carbocycles. The third-order valence-electron chi connectivity index (χ3n) is 3.83. The van der Waals surface area contributed by atoms with Gasteiger partial charge in [0.1, 0.15) is 0 Å². The lowest BCUT2D eigenvalue weighted by Gasteiger charge is -2.20. The molecule has 0 aromatic carbocycles. The van der Waals surface area contributed by atoms with Crippen LogP contribution in [0.4, 0.5) is 0 Å². The molecule has 0 spiro atoms. The average Bonchev–Trinajstić information content (AvgIpc) is 2.86. The van der Waals surface area contributed by atoms with Gasteiger partial charge >= 0.3 is 0 Å². The number of hydrogen-bond acceptors (Lipinski definition) is 3. The Morgan fingerprint density at radius 1 is 1.42 bits per heavy atom. The summed E-state index contributed by atoms with van der Waals surface area (Å²) < 4.78 is 5.20. The predicted molar refractivity (Wildman–Crippen MR) is 73.6 cm³/mol. The van der Waals surface area contributed by atoms with Crippen molar-refractivity contribution in [3.63, 3.8) is 0 Å². The van der Waals surface area contributed by atoms with E-state index in [-0.39, 0.29) is 5.91 Å². The highest BCUT2D eigenvalue weighted by molar-refractivity contribution is 5.76. The maximum atomic E-state index is 11.9. The maximum absolute atomic E-state index is 11.9. The number of aromatic nitrogens is 1. The third-order valence-corrected chi connectivity index (χ3v) is 3.83. The highest BCUT2D eigenvalue weighted by atomic mass is 16.5. The van der Waals surface area contributed by atoms with Gasteiger partial charge in [0.2, 0.25) is 5.91 Å². The van der Waals surface area contributed by atoms with Crippen molar-refractivity contribution in [3.8, 4) is 0 Å². The maximum Gasteiger partial charge on any atom is 0.220 e. The number of carbonyl (C=O) groups is 1. The van der Waals surface area contributed by atoms with E-state index in [1.165, 1.54) is 32.1 Å². The molecule has 1 heterocycles. The van der Waals surface area contributed by atoms with E-state index >= 15 is 0 Å². The van der Waals surface area contributed by atoms with Crippen molar-refractivity contribution in [2.75, 3.05) is 0 Å². The molecule has 2 rings (SSSR count). The molecule has 4 heteroatoms. The van der Waals surface area contributed by atoms with Crippen LogP contribution >= 0.6 is 0 Å². The molecule has 1 aliphatic rings. The van der Waals surface area contributed by atoms with Crippen LogP contribution in [0, 0.1) is 5.92 Å². The first-order chi connectivity index (χ1) is 9.15. The lowest BCUT2D eigenvalue weighted by molar-refractivity contribution is -0.122. The van der Waals surface area contributed by atoms with Crippen LogP contribution in [0.25, 0.3) is 0 Å². The van der Waals surface area contributed by atoms with Crippen LogP contribution in [-0.2, 0) is 11.3 Å². The van der Waals surface area contributed by atoms with Crippen LogP contribution in [-0.4, -0.2) is 11.1 Å². The van der Waals surface area contributed by atoms with Crippen molar-refractivity contribution in [1.82, 2.24) is 10.5 Å². The summed E-state index contributed by atoms with van der Waals surface area (Å²) >= 11 is 0. The first-order valence-electron chi connectivity index (χ1n) is 7.37. The lowest BCUT2D eigenvalue weighted by Crippen LogP contribution is -2.25. The van der Waals surface area contributed by atoms with Gasteiger partial charge in [-0.3, -0.25) is 4.79 Å². The van der Waals surface area contributed by atoms with Crippen molar-refractivity contribution in [2.24, 2.45) is 5.92 Å². The van der Waals surface area contributed by atoms with Crippen molar-refractivity contribution in [3.05, 3.63) is 17.5 Å². The Balaban J connectivity index is 1.73. The van der Waals surface area contributed by atoms with Crippen LogP contribution in [0.1, 0.15) is 69.7 Å². The summed E-state index contributed by atoms with van der Waals surface area (Å²) in [6, 6.07) is 1.92. The molecule has 1 amide bonds. The molecule has 1 fully saturated rings. The molecule has 106 valence electrons. The van der Waals surface area contributed by atoms with E-state index in [0.717, 1.165) is 11.5 Å². The highest BCUT2D eigenvalue weighted by Gasteiger charge is 2.17. The number of nitrogens with one attached hydrogen (secondary N) is 1. The Morgan fingerprint density at radius 2 is 2.16 bits per heavy atom. The second-order valence-corrected chi connectivity index (χ2v) is 5.86. The Kier molecular flexibility index (Phi) is 5.00. The number of amides is 1. The van der Waals surface area contributed by atoms with Crippen LogP contribution in [0.15, 0.2) is 10.6 Å². The summed E-state index contributed by atoms with van der Waals surface area (Å²) in [5.74, 6) is 1.81. The molecule has 0 bridgehead atoms. The van der Waals surface area contributed by atoms with Crippen LogP contribution in [0.3, 0.4) is 0 Å². The zero-order valence-electron chi connectivity index (χ0n) is 11.9. The summed E-state index contributed by atoms with van der Waals surface area (Å²) in [4.78, 5) is 11.9. The fourth-order valence-electron chi connectivity index (χ4n) is 2.60. The van der Waals surface area contributed by atoms with E-state index in [9.17, 15) is 4.79 Å². The molecular weight excluding hydrogens is 240 g/mol. The van der Waals surface area contributed by atoms with Crippen molar-refractivity contribution >= 4 is 5.91 Å². The third kappa shape index (κ3) is 4.37. The Labute approximate surface area is 114 Å². The fourth-order valence-corrected chi connectivity index (χ4v) is 2.60. The summed E-state index contributed by atoms with van der Waals surface area (Å²) in [5, 5.41) is 6.91. The zero-order chi connectivity index (χ0) is 13.7. The minimum Gasteiger partial charge on any atom is -0.359 e. The molecule has 4 nitrogen and oxygen atoms in total. The van der Waals surface area contributed by atoms with E-state index in [2.05, 4.69) is 24.3 Å². The Morgan fingerprint density at radius 3 is 2.79 bits per heavy atom. The quantitative estimate of drug-likeness (QED) is 0.887. The monoisotopic (exact) mass is 264 g/mol. The van der Waals surface area contributed by atoms with Crippen LogP contribution < -0.4 is 5.32 Å². The first-order valence-corrected chi connectivity index (χ1v) is 7.37. The highest BCUT2D eigenvalue weighted by Crippen LogP contribution is 2.26. The van der Waals surface area contributed by atoms with E-state index in [4.69, 9.17) is 4.52 Å². The van der Waals surface area contributed by atoms with Gasteiger partial charge in [0, 0.05) is 12.5 Å². The molecule has 0 unspecified atom stereocenters. The molecule has 19 heavy (non-hydrogen) atoms. The molecule has 1 aromatic heterocycles. The lowest BCUT2D eigenvalue weighted by atomic mass is 9.87. The van der Waals surface area contributed by atoms with E-state index in [0.29, 0.717) is 24.8 Å². The van der Waals surface area contributed by atoms with Gasteiger partial charge in [-0.15, -0.1) is 0 Å². The van der Waals surface area contributed by atoms with Gasteiger partial charge < -0.3 is 9.84 Å². The topological polar surface area (TPSA) is 55.1 Å². The number of rotatable bonds is 5.